The zero-order chi connectivity index (χ0) is 17.4. The highest BCUT2D eigenvalue weighted by Gasteiger charge is 2.28. The molecule has 0 radical (unpaired) electrons. The molecule has 3 rings (SSSR count). The molecule has 6 nitrogen and oxygen atoms in total. The van der Waals surface area contributed by atoms with Crippen molar-refractivity contribution in [1.82, 2.24) is 9.13 Å². The number of carbonyl (C=O) groups excluding carboxylic acids is 2. The summed E-state index contributed by atoms with van der Waals surface area (Å²) in [7, 11) is 0. The van der Waals surface area contributed by atoms with Crippen molar-refractivity contribution < 1.29 is 14.3 Å². The highest BCUT2D eigenvalue weighted by molar-refractivity contribution is 7.07. The molecule has 0 amide bonds. The summed E-state index contributed by atoms with van der Waals surface area (Å²) < 4.78 is 8.60. The van der Waals surface area contributed by atoms with Crippen molar-refractivity contribution in [1.29, 1.82) is 0 Å². The van der Waals surface area contributed by atoms with E-state index >= 15 is 0 Å². The SMILES string of the molecule is Cc1cc(C(=O)COC(=O)Cn2c(C)csc2=O)c(C)n1C1CC1. The van der Waals surface area contributed by atoms with E-state index in [4.69, 9.17) is 4.74 Å². The Balaban J connectivity index is 1.62. The number of hydrogen-bond acceptors (Lipinski definition) is 5. The molecule has 0 bridgehead atoms. The van der Waals surface area contributed by atoms with Crippen LogP contribution in [0.15, 0.2) is 16.2 Å². The molecule has 0 aromatic carbocycles. The highest BCUT2D eigenvalue weighted by Crippen LogP contribution is 2.38. The van der Waals surface area contributed by atoms with Crippen molar-refractivity contribution in [3.63, 3.8) is 0 Å². The van der Waals surface area contributed by atoms with Gasteiger partial charge in [0.15, 0.2) is 6.61 Å². The Morgan fingerprint density at radius 3 is 2.54 bits per heavy atom. The summed E-state index contributed by atoms with van der Waals surface area (Å²) in [5.74, 6) is -0.791. The van der Waals surface area contributed by atoms with E-state index in [0.717, 1.165) is 35.6 Å². The Kier molecular flexibility index (Phi) is 4.45. The second-order valence-electron chi connectivity index (χ2n) is 6.20. The first-order valence-corrected chi connectivity index (χ1v) is 8.78. The summed E-state index contributed by atoms with van der Waals surface area (Å²) in [5, 5.41) is 1.69. The van der Waals surface area contributed by atoms with Crippen LogP contribution in [-0.4, -0.2) is 27.5 Å². The summed E-state index contributed by atoms with van der Waals surface area (Å²) in [4.78, 5) is 35.6. The van der Waals surface area contributed by atoms with E-state index in [-0.39, 0.29) is 23.8 Å². The Hall–Kier alpha value is -2.15. The van der Waals surface area contributed by atoms with Crippen LogP contribution in [0.3, 0.4) is 0 Å². The summed E-state index contributed by atoms with van der Waals surface area (Å²) in [6.45, 7) is 5.20. The molecule has 0 unspecified atom stereocenters. The number of ether oxygens (including phenoxy) is 1. The maximum absolute atomic E-state index is 12.4. The minimum absolute atomic E-state index is 0.164. The molecular weight excluding hydrogens is 328 g/mol. The molecule has 1 aliphatic rings. The number of hydrogen-bond donors (Lipinski definition) is 0. The van der Waals surface area contributed by atoms with Crippen molar-refractivity contribution >= 4 is 23.1 Å². The lowest BCUT2D eigenvalue weighted by Gasteiger charge is -2.08. The average molecular weight is 348 g/mol. The first-order chi connectivity index (χ1) is 11.4. The predicted octanol–water partition coefficient (Wildman–Crippen LogP) is 2.40. The van der Waals surface area contributed by atoms with E-state index in [9.17, 15) is 14.4 Å². The van der Waals surface area contributed by atoms with Crippen LogP contribution in [0.25, 0.3) is 0 Å². The maximum atomic E-state index is 12.4. The van der Waals surface area contributed by atoms with Crippen LogP contribution in [0, 0.1) is 20.8 Å². The smallest absolute Gasteiger partial charge is 0.326 e. The average Bonchev–Trinajstić information content (AvgIpc) is 3.26. The minimum atomic E-state index is -0.581. The van der Waals surface area contributed by atoms with E-state index < -0.39 is 5.97 Å². The van der Waals surface area contributed by atoms with E-state index in [2.05, 4.69) is 4.57 Å². The number of esters is 1. The third-order valence-corrected chi connectivity index (χ3v) is 5.21. The molecule has 0 N–H and O–H groups in total. The highest BCUT2D eigenvalue weighted by atomic mass is 32.1. The van der Waals surface area contributed by atoms with E-state index in [1.807, 2.05) is 19.9 Å². The molecule has 0 saturated heterocycles. The molecule has 0 spiro atoms. The first-order valence-electron chi connectivity index (χ1n) is 7.90. The number of carbonyl (C=O) groups is 2. The quantitative estimate of drug-likeness (QED) is 0.594. The molecule has 24 heavy (non-hydrogen) atoms. The number of ketones is 1. The van der Waals surface area contributed by atoms with Gasteiger partial charge in [-0.2, -0.15) is 0 Å². The van der Waals surface area contributed by atoms with Gasteiger partial charge in [0.1, 0.15) is 6.54 Å². The van der Waals surface area contributed by atoms with Gasteiger partial charge in [0, 0.05) is 34.1 Å². The van der Waals surface area contributed by atoms with Crippen LogP contribution in [0.1, 0.15) is 46.3 Å². The second kappa shape index (κ2) is 6.39. The largest absolute Gasteiger partial charge is 0.456 e. The Morgan fingerprint density at radius 1 is 1.25 bits per heavy atom. The summed E-state index contributed by atoms with van der Waals surface area (Å²) in [5.41, 5.74) is 3.31. The molecule has 2 heterocycles. The van der Waals surface area contributed by atoms with Gasteiger partial charge >= 0.3 is 10.8 Å². The monoisotopic (exact) mass is 348 g/mol. The number of nitrogens with zero attached hydrogens (tertiary/aromatic N) is 2. The van der Waals surface area contributed by atoms with Gasteiger partial charge in [-0.15, -0.1) is 0 Å². The molecule has 2 aromatic heterocycles. The van der Waals surface area contributed by atoms with Gasteiger partial charge in [-0.3, -0.25) is 19.0 Å². The Labute approximate surface area is 143 Å². The molecule has 1 aliphatic carbocycles. The van der Waals surface area contributed by atoms with Gasteiger partial charge < -0.3 is 9.30 Å². The molecular formula is C17H20N2O4S. The topological polar surface area (TPSA) is 70.3 Å². The van der Waals surface area contributed by atoms with Crippen molar-refractivity contribution in [3.05, 3.63) is 43.8 Å². The molecule has 1 fully saturated rings. The van der Waals surface area contributed by atoms with E-state index in [1.165, 1.54) is 4.57 Å². The standard InChI is InChI=1S/C17H20N2O4S/c1-10-6-14(12(3)19(10)13-4-5-13)15(20)8-23-16(21)7-18-11(2)9-24-17(18)22/h6,9,13H,4-5,7-8H2,1-3H3. The van der Waals surface area contributed by atoms with Crippen molar-refractivity contribution in [2.75, 3.05) is 6.61 Å². The molecule has 128 valence electrons. The number of thiazole rings is 1. The van der Waals surface area contributed by atoms with Gasteiger partial charge in [-0.25, -0.2) is 0 Å². The zero-order valence-electron chi connectivity index (χ0n) is 14.0. The van der Waals surface area contributed by atoms with Crippen LogP contribution in [0.5, 0.6) is 0 Å². The van der Waals surface area contributed by atoms with Crippen LogP contribution >= 0.6 is 11.3 Å². The zero-order valence-corrected chi connectivity index (χ0v) is 14.8. The fourth-order valence-corrected chi connectivity index (χ4v) is 3.68. The Morgan fingerprint density at radius 2 is 1.96 bits per heavy atom. The summed E-state index contributed by atoms with van der Waals surface area (Å²) in [6, 6.07) is 2.36. The molecule has 0 atom stereocenters. The van der Waals surface area contributed by atoms with Gasteiger partial charge in [0.2, 0.25) is 5.78 Å². The Bertz CT molecular complexity index is 855. The van der Waals surface area contributed by atoms with E-state index in [1.54, 1.807) is 12.3 Å². The van der Waals surface area contributed by atoms with Gasteiger partial charge in [0.25, 0.3) is 0 Å². The minimum Gasteiger partial charge on any atom is -0.456 e. The lowest BCUT2D eigenvalue weighted by atomic mass is 10.1. The molecule has 0 aliphatic heterocycles. The fourth-order valence-electron chi connectivity index (χ4n) is 2.95. The van der Waals surface area contributed by atoms with E-state index in [0.29, 0.717) is 17.3 Å². The van der Waals surface area contributed by atoms with Crippen molar-refractivity contribution in [2.24, 2.45) is 0 Å². The number of aryl methyl sites for hydroxylation is 2. The maximum Gasteiger partial charge on any atom is 0.326 e. The lowest BCUT2D eigenvalue weighted by molar-refractivity contribution is -0.143. The third kappa shape index (κ3) is 3.21. The second-order valence-corrected chi connectivity index (χ2v) is 7.02. The molecule has 7 heteroatoms. The van der Waals surface area contributed by atoms with Gasteiger partial charge in [-0.1, -0.05) is 11.3 Å². The summed E-state index contributed by atoms with van der Waals surface area (Å²) in [6.07, 6.45) is 2.29. The fraction of sp³-hybridized carbons (Fsp3) is 0.471. The molecule has 1 saturated carbocycles. The normalized spacial score (nSPS) is 14.0. The number of rotatable bonds is 6. The number of aromatic nitrogens is 2. The predicted molar refractivity (Wildman–Crippen MR) is 90.8 cm³/mol. The molecule has 2 aromatic rings. The first kappa shape index (κ1) is 16.7. The van der Waals surface area contributed by atoms with Crippen LogP contribution in [-0.2, 0) is 16.1 Å². The van der Waals surface area contributed by atoms with Crippen LogP contribution in [0.4, 0.5) is 0 Å². The third-order valence-electron chi connectivity index (χ3n) is 4.32. The lowest BCUT2D eigenvalue weighted by Crippen LogP contribution is -2.24. The van der Waals surface area contributed by atoms with Gasteiger partial charge in [-0.05, 0) is 39.7 Å². The van der Waals surface area contributed by atoms with Crippen LogP contribution in [0.2, 0.25) is 0 Å². The van der Waals surface area contributed by atoms with Crippen LogP contribution < -0.4 is 4.87 Å². The van der Waals surface area contributed by atoms with Crippen molar-refractivity contribution in [2.45, 2.75) is 46.2 Å². The van der Waals surface area contributed by atoms with Crippen molar-refractivity contribution in [3.8, 4) is 0 Å². The summed E-state index contributed by atoms with van der Waals surface area (Å²) >= 11 is 1.04. The van der Waals surface area contributed by atoms with Gasteiger partial charge in [0.05, 0.1) is 0 Å². The number of Topliss-reactive ketones (excluding diaryl/α,β-unsaturated/α-hetero) is 1.